The van der Waals surface area contributed by atoms with E-state index in [9.17, 15) is 13.2 Å². The lowest BCUT2D eigenvalue weighted by molar-refractivity contribution is -0.137. The molecule has 0 aromatic carbocycles. The number of thioether (sulfide) groups is 1. The average molecular weight is 689 g/mol. The van der Waals surface area contributed by atoms with Gasteiger partial charge in [-0.15, -0.1) is 11.8 Å². The fourth-order valence-electron chi connectivity index (χ4n) is 3.28. The number of halogens is 6. The van der Waals surface area contributed by atoms with E-state index in [4.69, 9.17) is 60.2 Å². The highest BCUT2D eigenvalue weighted by Crippen LogP contribution is 2.51. The van der Waals surface area contributed by atoms with Crippen LogP contribution in [0.1, 0.15) is 26.3 Å². The number of imidazole rings is 1. The summed E-state index contributed by atoms with van der Waals surface area (Å²) < 4.78 is 56.2. The van der Waals surface area contributed by atoms with Crippen molar-refractivity contribution in [2.45, 2.75) is 31.8 Å². The van der Waals surface area contributed by atoms with Crippen molar-refractivity contribution < 1.29 is 26.7 Å². The van der Waals surface area contributed by atoms with Crippen molar-refractivity contribution in [3.8, 4) is 17.4 Å². The van der Waals surface area contributed by atoms with Gasteiger partial charge in [-0.3, -0.25) is 14.0 Å². The maximum atomic E-state index is 12.8. The minimum atomic E-state index is -4.44. The zero-order chi connectivity index (χ0) is 30.4. The molecule has 0 aliphatic carbocycles. The van der Waals surface area contributed by atoms with Gasteiger partial charge in [0.2, 0.25) is 5.88 Å². The Kier molecular flexibility index (Phi) is 12.1. The average Bonchev–Trinajstić information content (AvgIpc) is 3.23. The number of nitrogens with zero attached hydrogens (tertiary/aromatic N) is 5. The van der Waals surface area contributed by atoms with Gasteiger partial charge in [-0.2, -0.15) is 18.2 Å². The molecule has 0 amide bonds. The third kappa shape index (κ3) is 8.67. The van der Waals surface area contributed by atoms with E-state index in [2.05, 4.69) is 19.9 Å². The predicted molar refractivity (Wildman–Crippen MR) is 161 cm³/mol. The molecule has 0 fully saturated rings. The van der Waals surface area contributed by atoms with E-state index in [1.807, 2.05) is 19.1 Å². The van der Waals surface area contributed by atoms with Gasteiger partial charge in [0.25, 0.3) is 0 Å². The van der Waals surface area contributed by atoms with E-state index in [0.717, 1.165) is 22.9 Å². The Morgan fingerprint density at radius 3 is 2.32 bits per heavy atom. The Balaban J connectivity index is 0.000000233. The maximum Gasteiger partial charge on any atom is 0.417 e. The van der Waals surface area contributed by atoms with Crippen LogP contribution < -0.4 is 4.52 Å². The molecule has 0 bridgehead atoms. The zero-order valence-electron chi connectivity index (χ0n) is 22.1. The summed E-state index contributed by atoms with van der Waals surface area (Å²) in [6.07, 6.45) is -1.97. The molecule has 0 spiro atoms. The summed E-state index contributed by atoms with van der Waals surface area (Å²) in [6.45, 7) is 3.39. The van der Waals surface area contributed by atoms with Gasteiger partial charge in [0.05, 0.1) is 23.8 Å². The summed E-state index contributed by atoms with van der Waals surface area (Å²) >= 11 is 24.3. The van der Waals surface area contributed by atoms with Crippen LogP contribution in [0.25, 0.3) is 22.7 Å². The van der Waals surface area contributed by atoms with E-state index >= 15 is 0 Å². The molecule has 0 aliphatic heterocycles. The second kappa shape index (κ2) is 14.7. The van der Waals surface area contributed by atoms with Gasteiger partial charge < -0.3 is 9.09 Å². The maximum absolute atomic E-state index is 12.8. The molecular formula is C24H24Cl3F3N5O3PS2. The highest BCUT2D eigenvalue weighted by molar-refractivity contribution is 8.07. The number of aryl methyl sites for hydroxylation is 1. The van der Waals surface area contributed by atoms with Crippen LogP contribution in [0.15, 0.2) is 41.6 Å². The second-order valence-electron chi connectivity index (χ2n) is 7.76. The smallest absolute Gasteiger partial charge is 0.404 e. The molecule has 222 valence electrons. The minimum absolute atomic E-state index is 0.0521. The number of hydrogen-bond acceptors (Lipinski definition) is 9. The fourth-order valence-corrected chi connectivity index (χ4v) is 6.63. The Morgan fingerprint density at radius 1 is 1.02 bits per heavy atom. The van der Waals surface area contributed by atoms with Gasteiger partial charge in [-0.1, -0.05) is 41.7 Å². The molecule has 0 atom stereocenters. The Labute approximate surface area is 259 Å². The first-order valence-corrected chi connectivity index (χ1v) is 16.6. The molecule has 41 heavy (non-hydrogen) atoms. The Bertz CT molecular complexity index is 1550. The molecule has 0 N–H and O–H groups in total. The normalized spacial score (nSPS) is 11.9. The highest BCUT2D eigenvalue weighted by atomic mass is 35.5. The van der Waals surface area contributed by atoms with E-state index in [0.29, 0.717) is 30.4 Å². The van der Waals surface area contributed by atoms with Crippen molar-refractivity contribution in [1.29, 1.82) is 0 Å². The summed E-state index contributed by atoms with van der Waals surface area (Å²) in [6, 6.07) is 6.18. The quantitative estimate of drug-likeness (QED) is 0.0973. The van der Waals surface area contributed by atoms with Gasteiger partial charge in [0.15, 0.2) is 16.6 Å². The van der Waals surface area contributed by atoms with E-state index in [-0.39, 0.29) is 26.6 Å². The third-order valence-corrected chi connectivity index (χ3v) is 9.22. The molecule has 4 aromatic heterocycles. The van der Waals surface area contributed by atoms with Crippen LogP contribution in [0, 0.1) is 0 Å². The van der Waals surface area contributed by atoms with Crippen molar-refractivity contribution in [1.82, 2.24) is 24.5 Å². The van der Waals surface area contributed by atoms with Crippen LogP contribution in [-0.2, 0) is 34.1 Å². The number of aromatic nitrogens is 5. The molecule has 4 heterocycles. The summed E-state index contributed by atoms with van der Waals surface area (Å²) in [5.41, 5.74) is 0.439. The molecule has 4 rings (SSSR count). The second-order valence-corrected chi connectivity index (χ2v) is 13.2. The van der Waals surface area contributed by atoms with Crippen molar-refractivity contribution in [3.63, 3.8) is 0 Å². The van der Waals surface area contributed by atoms with Crippen molar-refractivity contribution >= 4 is 76.3 Å². The molecule has 17 heteroatoms. The van der Waals surface area contributed by atoms with Crippen LogP contribution in [0.2, 0.25) is 15.2 Å². The van der Waals surface area contributed by atoms with Crippen molar-refractivity contribution in [2.24, 2.45) is 7.05 Å². The van der Waals surface area contributed by atoms with Gasteiger partial charge in [-0.25, -0.2) is 9.97 Å². The number of hydrogen-bond donors (Lipinski definition) is 0. The highest BCUT2D eigenvalue weighted by Gasteiger charge is 2.32. The third-order valence-electron chi connectivity index (χ3n) is 4.95. The van der Waals surface area contributed by atoms with Gasteiger partial charge in [0, 0.05) is 36.1 Å². The number of alkyl halides is 3. The van der Waals surface area contributed by atoms with Gasteiger partial charge in [0.1, 0.15) is 16.2 Å². The molecular weight excluding hydrogens is 665 g/mol. The van der Waals surface area contributed by atoms with E-state index in [1.165, 1.54) is 6.07 Å². The Morgan fingerprint density at radius 2 is 1.71 bits per heavy atom. The van der Waals surface area contributed by atoms with Gasteiger partial charge >= 0.3 is 12.9 Å². The summed E-state index contributed by atoms with van der Waals surface area (Å²) in [5.74, 6) is 1.42. The topological polar surface area (TPSA) is 84.2 Å². The molecule has 0 saturated heterocycles. The first-order valence-electron chi connectivity index (χ1n) is 11.9. The number of fused-ring (bicyclic) bond motifs is 1. The van der Waals surface area contributed by atoms with E-state index < -0.39 is 18.5 Å². The van der Waals surface area contributed by atoms with E-state index in [1.54, 1.807) is 43.4 Å². The van der Waals surface area contributed by atoms with Crippen molar-refractivity contribution in [3.05, 3.63) is 57.4 Å². The summed E-state index contributed by atoms with van der Waals surface area (Å²) in [4.78, 5) is 17.4. The van der Waals surface area contributed by atoms with Crippen LogP contribution in [0.5, 0.6) is 5.88 Å². The minimum Gasteiger partial charge on any atom is -0.404 e. The summed E-state index contributed by atoms with van der Waals surface area (Å²) in [7, 11) is 1.72. The monoisotopic (exact) mass is 687 g/mol. The van der Waals surface area contributed by atoms with Crippen LogP contribution in [0.3, 0.4) is 0 Å². The van der Waals surface area contributed by atoms with Crippen LogP contribution in [0.4, 0.5) is 13.2 Å². The first kappa shape index (κ1) is 33.8. The SMILES string of the molecule is CCOP(=S)(OCC)Oc1nc(Cl)c(Cl)cc1Cl.CCSc1cccnc1-c1nc2cc(C(F)(F)F)cnc2n1C. The van der Waals surface area contributed by atoms with Crippen LogP contribution in [-0.4, -0.2) is 43.5 Å². The molecule has 0 saturated carbocycles. The lowest BCUT2D eigenvalue weighted by Gasteiger charge is -2.20. The largest absolute Gasteiger partial charge is 0.417 e. The fraction of sp³-hybridized carbons (Fsp3) is 0.333. The molecule has 8 nitrogen and oxygen atoms in total. The predicted octanol–water partition coefficient (Wildman–Crippen LogP) is 8.88. The first-order chi connectivity index (χ1) is 19.3. The standard InChI is InChI=1S/C15H13F3N4S.C9H11Cl3NO3PS/c1-3-23-11-5-4-6-19-12(11)14-21-10-7-9(15(16,17)18)8-20-13(10)22(14)2;1-3-14-17(18,15-4-2)16-9-7(11)5-6(10)8(12)13-9/h4-8H,3H2,1-2H3;5H,3-4H2,1-2H3. The van der Waals surface area contributed by atoms with Gasteiger partial charge in [-0.05, 0) is 43.9 Å². The molecule has 0 aliphatic rings. The zero-order valence-corrected chi connectivity index (χ0v) is 26.9. The lowest BCUT2D eigenvalue weighted by atomic mass is 10.2. The molecule has 0 unspecified atom stereocenters. The number of pyridine rings is 3. The molecule has 4 aromatic rings. The molecule has 0 radical (unpaired) electrons. The summed E-state index contributed by atoms with van der Waals surface area (Å²) in [5, 5.41) is 0.499. The van der Waals surface area contributed by atoms with Crippen molar-refractivity contribution in [2.75, 3.05) is 19.0 Å². The Hall–Kier alpha value is -1.70. The lowest BCUT2D eigenvalue weighted by Crippen LogP contribution is -2.05. The van der Waals surface area contributed by atoms with Crippen LogP contribution >= 0.6 is 53.3 Å². The number of rotatable bonds is 9.